The van der Waals surface area contributed by atoms with E-state index in [1.807, 2.05) is 41.9 Å². The number of amides is 1. The maximum Gasteiger partial charge on any atom is 0.221 e. The predicted molar refractivity (Wildman–Crippen MR) is 79.4 cm³/mol. The molecule has 5 heteroatoms. The van der Waals surface area contributed by atoms with Crippen LogP contribution in [0.3, 0.4) is 0 Å². The zero-order chi connectivity index (χ0) is 14.4. The van der Waals surface area contributed by atoms with Crippen LogP contribution in [0.25, 0.3) is 5.65 Å². The Kier molecular flexibility index (Phi) is 5.12. The molecule has 2 aromatic heterocycles. The molecule has 2 heterocycles. The van der Waals surface area contributed by atoms with Crippen molar-refractivity contribution in [1.29, 1.82) is 0 Å². The Bertz CT molecular complexity index is 531. The molecule has 2 N–H and O–H groups in total. The number of carbonyl (C=O) groups excluding carboxylic acids is 1. The van der Waals surface area contributed by atoms with Gasteiger partial charge in [-0.25, -0.2) is 4.98 Å². The topological polar surface area (TPSA) is 58.4 Å². The Morgan fingerprint density at radius 3 is 3.05 bits per heavy atom. The molecule has 0 aliphatic carbocycles. The number of pyridine rings is 1. The summed E-state index contributed by atoms with van der Waals surface area (Å²) >= 11 is 0. The van der Waals surface area contributed by atoms with Gasteiger partial charge in [0.05, 0.1) is 5.69 Å². The highest BCUT2D eigenvalue weighted by atomic mass is 16.1. The van der Waals surface area contributed by atoms with Crippen molar-refractivity contribution < 1.29 is 4.79 Å². The van der Waals surface area contributed by atoms with Crippen molar-refractivity contribution >= 4 is 11.6 Å². The smallest absolute Gasteiger partial charge is 0.221 e. The first-order chi connectivity index (χ1) is 9.69. The molecule has 0 fully saturated rings. The minimum Gasteiger partial charge on any atom is -0.354 e. The second-order valence-electron chi connectivity index (χ2n) is 5.00. The number of nitrogens with one attached hydrogen (secondary N) is 2. The van der Waals surface area contributed by atoms with E-state index < -0.39 is 0 Å². The van der Waals surface area contributed by atoms with Crippen LogP contribution in [0.4, 0.5) is 0 Å². The molecule has 0 saturated carbocycles. The summed E-state index contributed by atoms with van der Waals surface area (Å²) in [4.78, 5) is 16.1. The predicted octanol–water partition coefficient (Wildman–Crippen LogP) is 1.73. The zero-order valence-corrected chi connectivity index (χ0v) is 12.1. The van der Waals surface area contributed by atoms with Gasteiger partial charge >= 0.3 is 0 Å². The number of carbonyl (C=O) groups is 1. The molecule has 108 valence electrons. The first-order valence-electron chi connectivity index (χ1n) is 7.11. The number of aromatic nitrogens is 2. The molecule has 5 nitrogen and oxygen atoms in total. The average Bonchev–Trinajstić information content (AvgIpc) is 2.86. The molecule has 1 unspecified atom stereocenters. The maximum atomic E-state index is 11.6. The number of nitrogens with zero attached hydrogens (tertiary/aromatic N) is 2. The van der Waals surface area contributed by atoms with E-state index in [0.29, 0.717) is 19.5 Å². The van der Waals surface area contributed by atoms with Gasteiger partial charge < -0.3 is 15.0 Å². The van der Waals surface area contributed by atoms with E-state index in [0.717, 1.165) is 17.8 Å². The van der Waals surface area contributed by atoms with E-state index in [1.165, 1.54) is 0 Å². The summed E-state index contributed by atoms with van der Waals surface area (Å²) in [5, 5.41) is 6.20. The summed E-state index contributed by atoms with van der Waals surface area (Å²) in [6.45, 7) is 5.42. The fourth-order valence-corrected chi connectivity index (χ4v) is 1.94. The van der Waals surface area contributed by atoms with Crippen LogP contribution in [0.15, 0.2) is 30.6 Å². The standard InChI is InChI=1S/C15H22N4O/c1-3-12(2)17-15(20)7-8-16-10-13-11-19-9-5-4-6-14(19)18-13/h4-6,9,11-12,16H,3,7-8,10H2,1-2H3,(H,17,20). The van der Waals surface area contributed by atoms with Crippen LogP contribution in [0.5, 0.6) is 0 Å². The van der Waals surface area contributed by atoms with Crippen molar-refractivity contribution in [1.82, 2.24) is 20.0 Å². The van der Waals surface area contributed by atoms with Crippen molar-refractivity contribution in [2.24, 2.45) is 0 Å². The van der Waals surface area contributed by atoms with Gasteiger partial charge in [0, 0.05) is 37.9 Å². The quantitative estimate of drug-likeness (QED) is 0.756. The number of rotatable bonds is 7. The van der Waals surface area contributed by atoms with Crippen LogP contribution in [0.1, 0.15) is 32.4 Å². The molecule has 0 aliphatic rings. The summed E-state index contributed by atoms with van der Waals surface area (Å²) < 4.78 is 1.99. The molecule has 1 atom stereocenters. The van der Waals surface area contributed by atoms with Crippen LogP contribution >= 0.6 is 0 Å². The Morgan fingerprint density at radius 1 is 1.45 bits per heavy atom. The fraction of sp³-hybridized carbons (Fsp3) is 0.467. The van der Waals surface area contributed by atoms with E-state index >= 15 is 0 Å². The van der Waals surface area contributed by atoms with Crippen molar-refractivity contribution in [3.63, 3.8) is 0 Å². The third-order valence-electron chi connectivity index (χ3n) is 3.27. The van der Waals surface area contributed by atoms with E-state index in [9.17, 15) is 4.79 Å². The molecule has 0 aliphatic heterocycles. The highest BCUT2D eigenvalue weighted by molar-refractivity contribution is 5.76. The van der Waals surface area contributed by atoms with Gasteiger partial charge in [-0.3, -0.25) is 4.79 Å². The van der Waals surface area contributed by atoms with E-state index in [-0.39, 0.29) is 11.9 Å². The number of imidazole rings is 1. The Balaban J connectivity index is 1.72. The first kappa shape index (κ1) is 14.5. The van der Waals surface area contributed by atoms with E-state index in [2.05, 4.69) is 22.5 Å². The largest absolute Gasteiger partial charge is 0.354 e. The van der Waals surface area contributed by atoms with E-state index in [1.54, 1.807) is 0 Å². The van der Waals surface area contributed by atoms with Crippen molar-refractivity contribution in [2.75, 3.05) is 6.54 Å². The molecule has 0 bridgehead atoms. The molecule has 1 amide bonds. The molecule has 0 aromatic carbocycles. The summed E-state index contributed by atoms with van der Waals surface area (Å²) in [5.74, 6) is 0.0989. The lowest BCUT2D eigenvalue weighted by atomic mass is 10.2. The van der Waals surface area contributed by atoms with Crippen LogP contribution in [0, 0.1) is 0 Å². The van der Waals surface area contributed by atoms with Crippen molar-refractivity contribution in [3.8, 4) is 0 Å². The Hall–Kier alpha value is -1.88. The number of fused-ring (bicyclic) bond motifs is 1. The lowest BCUT2D eigenvalue weighted by Gasteiger charge is -2.11. The molecule has 2 rings (SSSR count). The first-order valence-corrected chi connectivity index (χ1v) is 7.11. The molecule has 0 spiro atoms. The van der Waals surface area contributed by atoms with Gasteiger partial charge in [0.1, 0.15) is 5.65 Å². The monoisotopic (exact) mass is 274 g/mol. The molecule has 20 heavy (non-hydrogen) atoms. The summed E-state index contributed by atoms with van der Waals surface area (Å²) in [5.41, 5.74) is 1.93. The van der Waals surface area contributed by atoms with Crippen LogP contribution in [0.2, 0.25) is 0 Å². The van der Waals surface area contributed by atoms with Gasteiger partial charge in [0.25, 0.3) is 0 Å². The highest BCUT2D eigenvalue weighted by Crippen LogP contribution is 2.03. The van der Waals surface area contributed by atoms with Crippen LogP contribution < -0.4 is 10.6 Å². The molecule has 2 aromatic rings. The molecule has 0 saturated heterocycles. The maximum absolute atomic E-state index is 11.6. The van der Waals surface area contributed by atoms with Crippen LogP contribution in [-0.2, 0) is 11.3 Å². The summed E-state index contributed by atoms with van der Waals surface area (Å²) in [6, 6.07) is 6.17. The van der Waals surface area contributed by atoms with Gasteiger partial charge in [-0.05, 0) is 25.5 Å². The highest BCUT2D eigenvalue weighted by Gasteiger charge is 2.05. The second kappa shape index (κ2) is 7.05. The minimum absolute atomic E-state index is 0.0989. The van der Waals surface area contributed by atoms with Crippen molar-refractivity contribution in [2.45, 2.75) is 39.3 Å². The minimum atomic E-state index is 0.0989. The fourth-order valence-electron chi connectivity index (χ4n) is 1.94. The van der Waals surface area contributed by atoms with Crippen molar-refractivity contribution in [3.05, 3.63) is 36.3 Å². The number of hydrogen-bond acceptors (Lipinski definition) is 3. The normalized spacial score (nSPS) is 12.5. The number of hydrogen-bond donors (Lipinski definition) is 2. The van der Waals surface area contributed by atoms with Gasteiger partial charge in [-0.2, -0.15) is 0 Å². The van der Waals surface area contributed by atoms with Gasteiger partial charge in [0.15, 0.2) is 0 Å². The van der Waals surface area contributed by atoms with Gasteiger partial charge in [-0.15, -0.1) is 0 Å². The Labute approximate surface area is 119 Å². The van der Waals surface area contributed by atoms with Gasteiger partial charge in [-0.1, -0.05) is 13.0 Å². The summed E-state index contributed by atoms with van der Waals surface area (Å²) in [6.07, 6.45) is 5.44. The lowest BCUT2D eigenvalue weighted by molar-refractivity contribution is -0.121. The third kappa shape index (κ3) is 4.06. The SMILES string of the molecule is CCC(C)NC(=O)CCNCc1cn2ccccc2n1. The molecular formula is C15H22N4O. The third-order valence-corrected chi connectivity index (χ3v) is 3.27. The van der Waals surface area contributed by atoms with Crippen LogP contribution in [-0.4, -0.2) is 27.9 Å². The van der Waals surface area contributed by atoms with Gasteiger partial charge in [0.2, 0.25) is 5.91 Å². The Morgan fingerprint density at radius 2 is 2.30 bits per heavy atom. The zero-order valence-electron chi connectivity index (χ0n) is 12.1. The van der Waals surface area contributed by atoms with E-state index in [4.69, 9.17) is 0 Å². The summed E-state index contributed by atoms with van der Waals surface area (Å²) in [7, 11) is 0. The molecular weight excluding hydrogens is 252 g/mol. The molecule has 0 radical (unpaired) electrons. The second-order valence-corrected chi connectivity index (χ2v) is 5.00. The lowest BCUT2D eigenvalue weighted by Crippen LogP contribution is -2.33. The average molecular weight is 274 g/mol.